The fraction of sp³-hybridized carbons (Fsp3) is 0.235. The molecule has 1 saturated heterocycles. The summed E-state index contributed by atoms with van der Waals surface area (Å²) in [5, 5.41) is 10.3. The van der Waals surface area contributed by atoms with E-state index in [4.69, 9.17) is 23.2 Å². The van der Waals surface area contributed by atoms with Crippen LogP contribution in [0.5, 0.6) is 0 Å². The Bertz CT molecular complexity index is 940. The second kappa shape index (κ2) is 8.42. The van der Waals surface area contributed by atoms with Gasteiger partial charge in [0.25, 0.3) is 0 Å². The van der Waals surface area contributed by atoms with Gasteiger partial charge in [0.15, 0.2) is 9.84 Å². The topological polar surface area (TPSA) is 61.2 Å². The minimum absolute atomic E-state index is 0.157. The normalized spacial score (nSPS) is 17.0. The van der Waals surface area contributed by atoms with Crippen molar-refractivity contribution in [1.82, 2.24) is 4.31 Å². The van der Waals surface area contributed by atoms with Gasteiger partial charge in [0, 0.05) is 37.8 Å². The lowest BCUT2D eigenvalue weighted by atomic mass is 10.2. The molecule has 4 nitrogen and oxygen atoms in total. The molecule has 2 aromatic rings. The Labute approximate surface area is 171 Å². The molecule has 0 aliphatic carbocycles. The van der Waals surface area contributed by atoms with Crippen LogP contribution >= 0.6 is 46.9 Å². The third-order valence-electron chi connectivity index (χ3n) is 3.67. The maximum Gasteiger partial charge on any atom is 0.152 e. The standard InChI is InChI=1S/C17H14Cl2N2O2S3/c18-13-8-14(19)10-15(9-13)24-16-2-1-12(11-20)7-17(16)25-21-3-5-26(22,23)6-4-21/h1-2,7-10H,3-6H2. The molecule has 0 spiro atoms. The number of halogens is 2. The minimum atomic E-state index is -2.93. The lowest BCUT2D eigenvalue weighted by molar-refractivity contribution is 0.489. The van der Waals surface area contributed by atoms with Crippen LogP contribution in [-0.4, -0.2) is 37.3 Å². The van der Waals surface area contributed by atoms with Gasteiger partial charge in [-0.05, 0) is 48.3 Å². The van der Waals surface area contributed by atoms with Gasteiger partial charge in [0.2, 0.25) is 0 Å². The second-order valence-electron chi connectivity index (χ2n) is 5.65. The third-order valence-corrected chi connectivity index (χ3v) is 8.05. The molecule has 1 aliphatic heterocycles. The molecule has 1 aliphatic rings. The number of nitrogens with zero attached hydrogens (tertiary/aromatic N) is 2. The maximum absolute atomic E-state index is 11.6. The molecule has 0 radical (unpaired) electrons. The largest absolute Gasteiger partial charge is 0.244 e. The van der Waals surface area contributed by atoms with Gasteiger partial charge in [0.1, 0.15) is 0 Å². The lowest BCUT2D eigenvalue weighted by Crippen LogP contribution is -2.36. The Hall–Kier alpha value is -0.880. The first-order chi connectivity index (χ1) is 12.3. The average Bonchev–Trinajstić information content (AvgIpc) is 2.57. The third kappa shape index (κ3) is 5.32. The van der Waals surface area contributed by atoms with E-state index in [-0.39, 0.29) is 11.5 Å². The number of sulfone groups is 1. The summed E-state index contributed by atoms with van der Waals surface area (Å²) in [5.41, 5.74) is 0.561. The first kappa shape index (κ1) is 19.9. The van der Waals surface area contributed by atoms with Crippen LogP contribution in [-0.2, 0) is 9.84 Å². The van der Waals surface area contributed by atoms with Crippen molar-refractivity contribution in [3.8, 4) is 6.07 Å². The summed E-state index contributed by atoms with van der Waals surface area (Å²) in [5.74, 6) is 0.314. The molecule has 3 rings (SSSR count). The van der Waals surface area contributed by atoms with Crippen LogP contribution in [0.2, 0.25) is 10.0 Å². The van der Waals surface area contributed by atoms with Crippen LogP contribution in [0, 0.1) is 11.3 Å². The quantitative estimate of drug-likeness (QED) is 0.633. The van der Waals surface area contributed by atoms with E-state index in [2.05, 4.69) is 6.07 Å². The van der Waals surface area contributed by atoms with E-state index >= 15 is 0 Å². The predicted octanol–water partition coefficient (Wildman–Crippen LogP) is 4.75. The van der Waals surface area contributed by atoms with Gasteiger partial charge in [-0.1, -0.05) is 35.0 Å². The van der Waals surface area contributed by atoms with Gasteiger partial charge in [-0.15, -0.1) is 0 Å². The van der Waals surface area contributed by atoms with E-state index in [1.54, 1.807) is 12.1 Å². The van der Waals surface area contributed by atoms with E-state index < -0.39 is 9.84 Å². The Kier molecular flexibility index (Phi) is 6.44. The summed E-state index contributed by atoms with van der Waals surface area (Å²) in [7, 11) is -2.93. The zero-order valence-corrected chi connectivity index (χ0v) is 17.4. The van der Waals surface area contributed by atoms with Gasteiger partial charge < -0.3 is 0 Å². The fourth-order valence-electron chi connectivity index (χ4n) is 2.37. The summed E-state index contributed by atoms with van der Waals surface area (Å²) in [6.45, 7) is 0.938. The summed E-state index contributed by atoms with van der Waals surface area (Å²) in [6.07, 6.45) is 0. The van der Waals surface area contributed by atoms with Crippen LogP contribution in [0.25, 0.3) is 0 Å². The molecule has 2 aromatic carbocycles. The van der Waals surface area contributed by atoms with Gasteiger partial charge in [-0.3, -0.25) is 0 Å². The number of nitriles is 1. The molecule has 9 heteroatoms. The Morgan fingerprint density at radius 3 is 2.27 bits per heavy atom. The lowest BCUT2D eigenvalue weighted by Gasteiger charge is -2.26. The summed E-state index contributed by atoms with van der Waals surface area (Å²) in [6, 6.07) is 13.0. The van der Waals surface area contributed by atoms with Crippen LogP contribution < -0.4 is 0 Å². The number of rotatable bonds is 4. The molecule has 0 aromatic heterocycles. The summed E-state index contributed by atoms with van der Waals surface area (Å²) < 4.78 is 25.2. The molecule has 1 heterocycles. The zero-order valence-electron chi connectivity index (χ0n) is 13.5. The van der Waals surface area contributed by atoms with Gasteiger partial charge in [0.05, 0.1) is 23.1 Å². The smallest absolute Gasteiger partial charge is 0.152 e. The monoisotopic (exact) mass is 444 g/mol. The second-order valence-corrected chi connectivity index (χ2v) is 11.1. The van der Waals surface area contributed by atoms with Crippen molar-refractivity contribution in [3.63, 3.8) is 0 Å². The highest BCUT2D eigenvalue weighted by molar-refractivity contribution is 8.01. The predicted molar refractivity (Wildman–Crippen MR) is 108 cm³/mol. The number of hydrogen-bond donors (Lipinski definition) is 0. The van der Waals surface area contributed by atoms with E-state index in [0.29, 0.717) is 28.7 Å². The molecular formula is C17H14Cl2N2O2S3. The fourth-order valence-corrected chi connectivity index (χ4v) is 6.60. The van der Waals surface area contributed by atoms with E-state index in [1.165, 1.54) is 23.7 Å². The molecule has 0 bridgehead atoms. The first-order valence-corrected chi connectivity index (χ1v) is 11.8. The van der Waals surface area contributed by atoms with Crippen molar-refractivity contribution in [2.75, 3.05) is 24.6 Å². The first-order valence-electron chi connectivity index (χ1n) is 7.66. The summed E-state index contributed by atoms with van der Waals surface area (Å²) in [4.78, 5) is 2.76. The van der Waals surface area contributed by atoms with E-state index in [1.807, 2.05) is 28.6 Å². The van der Waals surface area contributed by atoms with Crippen molar-refractivity contribution in [2.24, 2.45) is 0 Å². The Morgan fingerprint density at radius 2 is 1.65 bits per heavy atom. The number of hydrogen-bond acceptors (Lipinski definition) is 6. The van der Waals surface area contributed by atoms with E-state index in [9.17, 15) is 13.7 Å². The average molecular weight is 445 g/mol. The molecule has 0 amide bonds. The van der Waals surface area contributed by atoms with Crippen molar-refractivity contribution in [3.05, 3.63) is 52.0 Å². The highest BCUT2D eigenvalue weighted by atomic mass is 35.5. The van der Waals surface area contributed by atoms with Crippen LogP contribution in [0.15, 0.2) is 51.1 Å². The SMILES string of the molecule is N#Cc1ccc(Sc2cc(Cl)cc(Cl)c2)c(SN2CCS(=O)(=O)CC2)c1. The van der Waals surface area contributed by atoms with Crippen LogP contribution in [0.1, 0.15) is 5.56 Å². The van der Waals surface area contributed by atoms with Gasteiger partial charge in [-0.25, -0.2) is 12.7 Å². The Balaban J connectivity index is 1.85. The molecule has 1 fully saturated rings. The van der Waals surface area contributed by atoms with Crippen molar-refractivity contribution in [2.45, 2.75) is 14.7 Å². The molecule has 0 unspecified atom stereocenters. The minimum Gasteiger partial charge on any atom is -0.244 e. The molecular weight excluding hydrogens is 431 g/mol. The van der Waals surface area contributed by atoms with E-state index in [0.717, 1.165) is 14.7 Å². The van der Waals surface area contributed by atoms with Crippen molar-refractivity contribution >= 4 is 56.7 Å². The highest BCUT2D eigenvalue weighted by Crippen LogP contribution is 2.39. The highest BCUT2D eigenvalue weighted by Gasteiger charge is 2.23. The molecule has 0 saturated carbocycles. The number of benzene rings is 2. The maximum atomic E-state index is 11.6. The van der Waals surface area contributed by atoms with Crippen molar-refractivity contribution in [1.29, 1.82) is 5.26 Å². The van der Waals surface area contributed by atoms with Gasteiger partial charge in [-0.2, -0.15) is 5.26 Å². The molecule has 0 N–H and O–H groups in total. The molecule has 136 valence electrons. The van der Waals surface area contributed by atoms with Gasteiger partial charge >= 0.3 is 0 Å². The molecule has 26 heavy (non-hydrogen) atoms. The summed E-state index contributed by atoms with van der Waals surface area (Å²) >= 11 is 15.1. The van der Waals surface area contributed by atoms with Crippen molar-refractivity contribution < 1.29 is 8.42 Å². The molecule has 0 atom stereocenters. The van der Waals surface area contributed by atoms with Crippen LogP contribution in [0.3, 0.4) is 0 Å². The van der Waals surface area contributed by atoms with Crippen LogP contribution in [0.4, 0.5) is 0 Å². The Morgan fingerprint density at radius 1 is 1.00 bits per heavy atom. The zero-order chi connectivity index (χ0) is 18.7.